The number of rotatable bonds is 7. The van der Waals surface area contributed by atoms with E-state index in [1.54, 1.807) is 12.1 Å². The fourth-order valence-corrected chi connectivity index (χ4v) is 2.12. The minimum Gasteiger partial charge on any atom is -0.374 e. The zero-order valence-electron chi connectivity index (χ0n) is 12.8. The van der Waals surface area contributed by atoms with E-state index in [0.29, 0.717) is 6.04 Å². The van der Waals surface area contributed by atoms with E-state index in [0.717, 1.165) is 25.2 Å². The number of nitrogens with zero attached hydrogens (tertiary/aromatic N) is 1. The minimum atomic E-state index is -0.178. The van der Waals surface area contributed by atoms with Crippen LogP contribution in [0.4, 0.5) is 10.1 Å². The zero-order chi connectivity index (χ0) is 14.5. The second-order valence-electron chi connectivity index (χ2n) is 6.04. The number of hydrogen-bond donors (Lipinski definition) is 1. The molecule has 0 fully saturated rings. The van der Waals surface area contributed by atoms with Gasteiger partial charge in [0.1, 0.15) is 5.82 Å². The third-order valence-electron chi connectivity index (χ3n) is 3.66. The molecule has 108 valence electrons. The first-order chi connectivity index (χ1) is 8.86. The molecule has 0 spiro atoms. The molecule has 1 aromatic rings. The van der Waals surface area contributed by atoms with Crippen LogP contribution in [-0.4, -0.2) is 26.2 Å². The van der Waals surface area contributed by atoms with Crippen LogP contribution in [0.1, 0.15) is 34.1 Å². The molecule has 2 nitrogen and oxygen atoms in total. The molecular weight excluding hydrogens is 239 g/mol. The molecule has 0 aliphatic heterocycles. The molecule has 19 heavy (non-hydrogen) atoms. The van der Waals surface area contributed by atoms with Gasteiger partial charge in [0.05, 0.1) is 0 Å². The van der Waals surface area contributed by atoms with Crippen LogP contribution in [0.25, 0.3) is 0 Å². The molecule has 1 unspecified atom stereocenters. The van der Waals surface area contributed by atoms with E-state index in [1.165, 1.54) is 6.07 Å². The Bertz CT molecular complexity index is 392. The molecule has 1 N–H and O–H groups in total. The van der Waals surface area contributed by atoms with Crippen LogP contribution in [0, 0.1) is 11.2 Å². The normalized spacial score (nSPS) is 14.5. The molecule has 1 atom stereocenters. The lowest BCUT2D eigenvalue weighted by atomic mass is 9.86. The van der Waals surface area contributed by atoms with Gasteiger partial charge >= 0.3 is 0 Å². The molecule has 1 aromatic carbocycles. The summed E-state index contributed by atoms with van der Waals surface area (Å²) >= 11 is 0. The lowest BCUT2D eigenvalue weighted by Crippen LogP contribution is -2.42. The first kappa shape index (κ1) is 16.0. The summed E-state index contributed by atoms with van der Waals surface area (Å²) in [6, 6.07) is 7.28. The van der Waals surface area contributed by atoms with Crippen molar-refractivity contribution in [2.75, 3.05) is 25.0 Å². The topological polar surface area (TPSA) is 15.3 Å². The number of nitrogens with one attached hydrogen (secondary N) is 1. The molecule has 0 amide bonds. The molecule has 0 saturated heterocycles. The lowest BCUT2D eigenvalue weighted by Gasteiger charge is -2.35. The van der Waals surface area contributed by atoms with Crippen molar-refractivity contribution in [3.63, 3.8) is 0 Å². The Kier molecular flexibility index (Phi) is 5.80. The van der Waals surface area contributed by atoms with Gasteiger partial charge in [-0.05, 0) is 30.0 Å². The summed E-state index contributed by atoms with van der Waals surface area (Å²) in [7, 11) is 2.03. The summed E-state index contributed by atoms with van der Waals surface area (Å²) in [6.45, 7) is 10.7. The van der Waals surface area contributed by atoms with Gasteiger partial charge in [-0.15, -0.1) is 0 Å². The van der Waals surface area contributed by atoms with Crippen LogP contribution in [0.5, 0.6) is 0 Å². The fourth-order valence-electron chi connectivity index (χ4n) is 2.12. The molecule has 0 bridgehead atoms. The summed E-state index contributed by atoms with van der Waals surface area (Å²) in [6.07, 6.45) is 1.09. The first-order valence-corrected chi connectivity index (χ1v) is 7.06. The van der Waals surface area contributed by atoms with Crippen molar-refractivity contribution < 1.29 is 4.39 Å². The van der Waals surface area contributed by atoms with E-state index in [2.05, 4.69) is 37.9 Å². The van der Waals surface area contributed by atoms with Crippen LogP contribution < -0.4 is 10.2 Å². The molecule has 3 heteroatoms. The van der Waals surface area contributed by atoms with Crippen molar-refractivity contribution in [3.8, 4) is 0 Å². The Labute approximate surface area is 117 Å². The van der Waals surface area contributed by atoms with Crippen LogP contribution in [-0.2, 0) is 0 Å². The molecule has 0 aliphatic rings. The Morgan fingerprint density at radius 2 is 2.05 bits per heavy atom. The van der Waals surface area contributed by atoms with Crippen molar-refractivity contribution in [1.82, 2.24) is 5.32 Å². The Morgan fingerprint density at radius 3 is 2.58 bits per heavy atom. The summed E-state index contributed by atoms with van der Waals surface area (Å²) in [5, 5.41) is 3.50. The second-order valence-corrected chi connectivity index (χ2v) is 6.04. The van der Waals surface area contributed by atoms with Gasteiger partial charge in [-0.1, -0.05) is 33.8 Å². The highest BCUT2D eigenvalue weighted by Gasteiger charge is 2.24. The predicted octanol–water partition coefficient (Wildman–Crippen LogP) is 3.68. The van der Waals surface area contributed by atoms with Crippen LogP contribution in [0.2, 0.25) is 0 Å². The van der Waals surface area contributed by atoms with E-state index in [1.807, 2.05) is 13.1 Å². The van der Waals surface area contributed by atoms with E-state index in [4.69, 9.17) is 0 Å². The van der Waals surface area contributed by atoms with E-state index >= 15 is 0 Å². The highest BCUT2D eigenvalue weighted by Crippen LogP contribution is 2.24. The smallest absolute Gasteiger partial charge is 0.125 e. The minimum absolute atomic E-state index is 0.178. The Hall–Kier alpha value is -1.09. The number of halogens is 1. The molecule has 0 aliphatic carbocycles. The molecule has 1 rings (SSSR count). The first-order valence-electron chi connectivity index (χ1n) is 7.06. The van der Waals surface area contributed by atoms with Crippen LogP contribution >= 0.6 is 0 Å². The summed E-state index contributed by atoms with van der Waals surface area (Å²) in [5.74, 6) is -0.178. The van der Waals surface area contributed by atoms with Crippen molar-refractivity contribution in [2.24, 2.45) is 5.41 Å². The zero-order valence-corrected chi connectivity index (χ0v) is 12.8. The molecular formula is C16H27FN2. The third kappa shape index (κ3) is 5.19. The van der Waals surface area contributed by atoms with Crippen LogP contribution in [0.15, 0.2) is 24.3 Å². The molecule has 0 saturated carbocycles. The largest absolute Gasteiger partial charge is 0.374 e. The molecule has 0 aromatic heterocycles. The van der Waals surface area contributed by atoms with Gasteiger partial charge in [0.2, 0.25) is 0 Å². The Balaban J connectivity index is 2.69. The monoisotopic (exact) mass is 266 g/mol. The van der Waals surface area contributed by atoms with Gasteiger partial charge in [0.15, 0.2) is 0 Å². The lowest BCUT2D eigenvalue weighted by molar-refractivity contribution is 0.289. The van der Waals surface area contributed by atoms with Crippen molar-refractivity contribution in [3.05, 3.63) is 30.1 Å². The van der Waals surface area contributed by atoms with Gasteiger partial charge < -0.3 is 10.2 Å². The maximum Gasteiger partial charge on any atom is 0.125 e. The van der Waals surface area contributed by atoms with Crippen molar-refractivity contribution in [2.45, 2.75) is 40.2 Å². The number of benzene rings is 1. The molecule has 0 radical (unpaired) electrons. The summed E-state index contributed by atoms with van der Waals surface area (Å²) < 4.78 is 13.3. The van der Waals surface area contributed by atoms with E-state index < -0.39 is 0 Å². The maximum atomic E-state index is 13.3. The number of hydrogen-bond acceptors (Lipinski definition) is 2. The third-order valence-corrected chi connectivity index (χ3v) is 3.66. The maximum absolute atomic E-state index is 13.3. The Morgan fingerprint density at radius 1 is 1.37 bits per heavy atom. The van der Waals surface area contributed by atoms with Gasteiger partial charge in [0, 0.05) is 31.9 Å². The predicted molar refractivity (Wildman–Crippen MR) is 81.2 cm³/mol. The van der Waals surface area contributed by atoms with Gasteiger partial charge in [-0.25, -0.2) is 4.39 Å². The van der Waals surface area contributed by atoms with Crippen LogP contribution in [0.3, 0.4) is 0 Å². The van der Waals surface area contributed by atoms with Gasteiger partial charge in [0.25, 0.3) is 0 Å². The van der Waals surface area contributed by atoms with Gasteiger partial charge in [-0.3, -0.25) is 0 Å². The average Bonchev–Trinajstić information content (AvgIpc) is 2.36. The highest BCUT2D eigenvalue weighted by atomic mass is 19.1. The van der Waals surface area contributed by atoms with Gasteiger partial charge in [-0.2, -0.15) is 0 Å². The number of anilines is 1. The average molecular weight is 266 g/mol. The quantitative estimate of drug-likeness (QED) is 0.810. The van der Waals surface area contributed by atoms with E-state index in [-0.39, 0.29) is 11.2 Å². The van der Waals surface area contributed by atoms with Crippen molar-refractivity contribution in [1.29, 1.82) is 0 Å². The summed E-state index contributed by atoms with van der Waals surface area (Å²) in [4.78, 5) is 2.13. The standard InChI is InChI=1S/C16H27FN2/c1-6-16(4,11-18-13(2)3)12-19(5)15-9-7-8-14(17)10-15/h7-10,13,18H,6,11-12H2,1-5H3. The van der Waals surface area contributed by atoms with E-state index in [9.17, 15) is 4.39 Å². The second kappa shape index (κ2) is 6.90. The molecule has 0 heterocycles. The van der Waals surface area contributed by atoms with Crippen molar-refractivity contribution >= 4 is 5.69 Å². The SMILES string of the molecule is CCC(C)(CNC(C)C)CN(C)c1cccc(F)c1. The summed E-state index contributed by atoms with van der Waals surface area (Å²) in [5.41, 5.74) is 1.12. The highest BCUT2D eigenvalue weighted by molar-refractivity contribution is 5.45. The fraction of sp³-hybridized carbons (Fsp3) is 0.625.